The molecule has 4 aromatic rings. The lowest BCUT2D eigenvalue weighted by atomic mass is 10.0. The van der Waals surface area contributed by atoms with Gasteiger partial charge in [-0.05, 0) is 47.9 Å². The fourth-order valence-corrected chi connectivity index (χ4v) is 3.55. The van der Waals surface area contributed by atoms with Crippen LogP contribution in [0.25, 0.3) is 16.8 Å². The van der Waals surface area contributed by atoms with Crippen LogP contribution in [0.5, 0.6) is 5.75 Å². The fraction of sp³-hybridized carbons (Fsp3) is 0.148. The first-order valence-electron chi connectivity index (χ1n) is 11.1. The molecule has 0 aliphatic rings. The summed E-state index contributed by atoms with van der Waals surface area (Å²) in [5.74, 6) is -1.14. The van der Waals surface area contributed by atoms with Gasteiger partial charge in [-0.2, -0.15) is 0 Å². The second-order valence-electron chi connectivity index (χ2n) is 7.74. The third-order valence-electron chi connectivity index (χ3n) is 5.37. The molecule has 172 valence electrons. The first-order valence-corrected chi connectivity index (χ1v) is 11.1. The van der Waals surface area contributed by atoms with E-state index in [1.165, 1.54) is 6.07 Å². The van der Waals surface area contributed by atoms with E-state index in [2.05, 4.69) is 17.2 Å². The summed E-state index contributed by atoms with van der Waals surface area (Å²) >= 11 is 0. The molecule has 0 saturated heterocycles. The third-order valence-corrected chi connectivity index (χ3v) is 5.37. The van der Waals surface area contributed by atoms with E-state index in [-0.39, 0.29) is 11.3 Å². The molecular formula is C27H25N3O4. The number of carboxylic acids is 1. The van der Waals surface area contributed by atoms with Gasteiger partial charge in [0, 0.05) is 18.1 Å². The van der Waals surface area contributed by atoms with Gasteiger partial charge in [-0.15, -0.1) is 0 Å². The number of hydrogen-bond donors (Lipinski definition) is 2. The first-order chi connectivity index (χ1) is 16.6. The predicted octanol–water partition coefficient (Wildman–Crippen LogP) is 5.67. The van der Waals surface area contributed by atoms with E-state index < -0.39 is 11.9 Å². The molecule has 1 aromatic heterocycles. The number of nitrogens with one attached hydrogen (secondary N) is 1. The van der Waals surface area contributed by atoms with Crippen LogP contribution >= 0.6 is 0 Å². The van der Waals surface area contributed by atoms with Crippen LogP contribution in [0.15, 0.2) is 85.5 Å². The number of benzene rings is 3. The van der Waals surface area contributed by atoms with Gasteiger partial charge in [0.25, 0.3) is 5.91 Å². The van der Waals surface area contributed by atoms with E-state index in [4.69, 9.17) is 4.74 Å². The molecule has 3 aromatic carbocycles. The summed E-state index contributed by atoms with van der Waals surface area (Å²) in [6.07, 6.45) is 6.89. The Morgan fingerprint density at radius 1 is 1.00 bits per heavy atom. The van der Waals surface area contributed by atoms with Crippen LogP contribution < -0.4 is 10.1 Å². The number of aromatic carboxylic acids is 1. The molecule has 1 heterocycles. The summed E-state index contributed by atoms with van der Waals surface area (Å²) in [6, 6.07) is 19.8. The molecule has 0 fully saturated rings. The monoisotopic (exact) mass is 455 g/mol. The van der Waals surface area contributed by atoms with Crippen LogP contribution in [0, 0.1) is 0 Å². The van der Waals surface area contributed by atoms with Gasteiger partial charge in [-0.3, -0.25) is 4.79 Å². The van der Waals surface area contributed by atoms with E-state index >= 15 is 0 Å². The number of rotatable bonds is 9. The zero-order valence-electron chi connectivity index (χ0n) is 18.8. The Labute approximate surface area is 197 Å². The summed E-state index contributed by atoms with van der Waals surface area (Å²) in [5.41, 5.74) is 2.98. The molecule has 0 unspecified atom stereocenters. The SMILES string of the molecule is CCCCOc1ccc(-n2ccnc2)cc1C(=O)Nc1cc(-c2ccccc2)ccc1C(=O)O. The largest absolute Gasteiger partial charge is 0.493 e. The zero-order chi connectivity index (χ0) is 23.9. The van der Waals surface area contributed by atoms with Crippen LogP contribution in [0.1, 0.15) is 40.5 Å². The second-order valence-corrected chi connectivity index (χ2v) is 7.74. The number of nitrogens with zero attached hydrogens (tertiary/aromatic N) is 2. The van der Waals surface area contributed by atoms with Crippen molar-refractivity contribution >= 4 is 17.6 Å². The highest BCUT2D eigenvalue weighted by atomic mass is 16.5. The highest BCUT2D eigenvalue weighted by molar-refractivity contribution is 6.09. The number of carboxylic acid groups (broad SMARTS) is 1. The van der Waals surface area contributed by atoms with E-state index in [0.717, 1.165) is 29.7 Å². The van der Waals surface area contributed by atoms with Crippen LogP contribution in [0.4, 0.5) is 5.69 Å². The Morgan fingerprint density at radius 3 is 2.53 bits per heavy atom. The average Bonchev–Trinajstić information content (AvgIpc) is 3.40. The molecule has 7 heteroatoms. The standard InChI is InChI=1S/C27H25N3O4/c1-2-3-15-34-25-12-10-21(30-14-13-28-18-30)17-23(25)26(31)29-24-16-20(9-11-22(24)27(32)33)19-7-5-4-6-8-19/h4-14,16-18H,2-3,15H2,1H3,(H,29,31)(H,32,33). The number of carbonyl (C=O) groups excluding carboxylic acids is 1. The minimum atomic E-state index is -1.12. The van der Waals surface area contributed by atoms with Gasteiger partial charge in [0.05, 0.1) is 29.7 Å². The zero-order valence-corrected chi connectivity index (χ0v) is 18.8. The number of anilines is 1. The molecule has 0 saturated carbocycles. The molecule has 1 amide bonds. The quantitative estimate of drug-likeness (QED) is 0.317. The Hall–Kier alpha value is -4.39. The van der Waals surface area contributed by atoms with Crippen LogP contribution in [-0.4, -0.2) is 33.1 Å². The molecule has 0 aliphatic heterocycles. The van der Waals surface area contributed by atoms with Crippen molar-refractivity contribution < 1.29 is 19.4 Å². The molecule has 0 spiro atoms. The predicted molar refractivity (Wildman–Crippen MR) is 131 cm³/mol. The summed E-state index contributed by atoms with van der Waals surface area (Å²) in [6.45, 7) is 2.54. The maximum atomic E-state index is 13.4. The van der Waals surface area contributed by atoms with Crippen molar-refractivity contribution in [3.05, 3.63) is 96.6 Å². The van der Waals surface area contributed by atoms with Gasteiger partial charge in [-0.25, -0.2) is 9.78 Å². The van der Waals surface area contributed by atoms with E-state index in [1.54, 1.807) is 47.6 Å². The van der Waals surface area contributed by atoms with Crippen molar-refractivity contribution in [1.82, 2.24) is 9.55 Å². The maximum absolute atomic E-state index is 13.4. The van der Waals surface area contributed by atoms with Crippen LogP contribution in [-0.2, 0) is 0 Å². The Balaban J connectivity index is 1.71. The van der Waals surface area contributed by atoms with E-state index in [1.807, 2.05) is 36.4 Å². The number of ether oxygens (including phenoxy) is 1. The van der Waals surface area contributed by atoms with Crippen molar-refractivity contribution in [2.24, 2.45) is 0 Å². The topological polar surface area (TPSA) is 93.5 Å². The Kier molecular flexibility index (Phi) is 7.03. The van der Waals surface area contributed by atoms with Crippen LogP contribution in [0.2, 0.25) is 0 Å². The molecule has 0 radical (unpaired) electrons. The number of carbonyl (C=O) groups is 2. The average molecular weight is 456 g/mol. The highest BCUT2D eigenvalue weighted by Crippen LogP contribution is 2.28. The molecule has 34 heavy (non-hydrogen) atoms. The second kappa shape index (κ2) is 10.5. The summed E-state index contributed by atoms with van der Waals surface area (Å²) < 4.78 is 7.66. The lowest BCUT2D eigenvalue weighted by molar-refractivity contribution is 0.0698. The highest BCUT2D eigenvalue weighted by Gasteiger charge is 2.19. The smallest absolute Gasteiger partial charge is 0.337 e. The molecule has 0 bridgehead atoms. The van der Waals surface area contributed by atoms with Crippen molar-refractivity contribution in [3.8, 4) is 22.6 Å². The van der Waals surface area contributed by atoms with Gasteiger partial charge in [-0.1, -0.05) is 49.7 Å². The lowest BCUT2D eigenvalue weighted by Gasteiger charge is -2.15. The molecule has 4 rings (SSSR count). The van der Waals surface area contributed by atoms with Gasteiger partial charge in [0.2, 0.25) is 0 Å². The minimum absolute atomic E-state index is 0.00671. The van der Waals surface area contributed by atoms with E-state index in [0.29, 0.717) is 17.9 Å². The molecular weight excluding hydrogens is 430 g/mol. The van der Waals surface area contributed by atoms with Gasteiger partial charge >= 0.3 is 5.97 Å². The Morgan fingerprint density at radius 2 is 1.82 bits per heavy atom. The van der Waals surface area contributed by atoms with Gasteiger partial charge < -0.3 is 19.7 Å². The number of hydrogen-bond acceptors (Lipinski definition) is 4. The van der Waals surface area contributed by atoms with Crippen molar-refractivity contribution in [2.75, 3.05) is 11.9 Å². The van der Waals surface area contributed by atoms with Gasteiger partial charge in [0.15, 0.2) is 0 Å². The number of imidazole rings is 1. The van der Waals surface area contributed by atoms with Crippen molar-refractivity contribution in [3.63, 3.8) is 0 Å². The Bertz CT molecular complexity index is 1280. The molecule has 2 N–H and O–H groups in total. The third kappa shape index (κ3) is 5.15. The maximum Gasteiger partial charge on any atom is 0.337 e. The first kappa shape index (κ1) is 22.8. The van der Waals surface area contributed by atoms with Crippen molar-refractivity contribution in [1.29, 1.82) is 0 Å². The summed E-state index contributed by atoms with van der Waals surface area (Å²) in [4.78, 5) is 29.3. The summed E-state index contributed by atoms with van der Waals surface area (Å²) in [5, 5.41) is 12.5. The molecule has 0 atom stereocenters. The van der Waals surface area contributed by atoms with E-state index in [9.17, 15) is 14.7 Å². The normalized spacial score (nSPS) is 10.6. The number of amides is 1. The summed E-state index contributed by atoms with van der Waals surface area (Å²) in [7, 11) is 0. The molecule has 0 aliphatic carbocycles. The van der Waals surface area contributed by atoms with Crippen LogP contribution in [0.3, 0.4) is 0 Å². The number of aromatic nitrogens is 2. The van der Waals surface area contributed by atoms with Gasteiger partial charge in [0.1, 0.15) is 5.75 Å². The van der Waals surface area contributed by atoms with Crippen molar-refractivity contribution in [2.45, 2.75) is 19.8 Å². The number of unbranched alkanes of at least 4 members (excludes halogenated alkanes) is 1. The fourth-order valence-electron chi connectivity index (χ4n) is 3.55. The lowest BCUT2D eigenvalue weighted by Crippen LogP contribution is -2.17. The molecule has 7 nitrogen and oxygen atoms in total. The minimum Gasteiger partial charge on any atom is -0.493 e.